The molecule has 0 bridgehead atoms. The minimum absolute atomic E-state index is 0.0573. The van der Waals surface area contributed by atoms with Crippen molar-refractivity contribution in [1.82, 2.24) is 10.2 Å². The molecule has 1 rings (SSSR count). The van der Waals surface area contributed by atoms with Gasteiger partial charge in [0.15, 0.2) is 0 Å². The predicted octanol–water partition coefficient (Wildman–Crippen LogP) is -0.515. The van der Waals surface area contributed by atoms with E-state index in [4.69, 9.17) is 5.11 Å². The van der Waals surface area contributed by atoms with Crippen molar-refractivity contribution in [1.29, 1.82) is 0 Å². The third kappa shape index (κ3) is 1.83. The van der Waals surface area contributed by atoms with Crippen LogP contribution in [0.2, 0.25) is 0 Å². The van der Waals surface area contributed by atoms with Gasteiger partial charge < -0.3 is 15.3 Å². The number of carboxylic acid groups (broad SMARTS) is 1. The van der Waals surface area contributed by atoms with E-state index in [1.54, 1.807) is 0 Å². The van der Waals surface area contributed by atoms with Gasteiger partial charge in [-0.1, -0.05) is 0 Å². The molecule has 0 radical (unpaired) electrons. The van der Waals surface area contributed by atoms with Gasteiger partial charge in [0.2, 0.25) is 0 Å². The average molecular weight is 158 g/mol. The van der Waals surface area contributed by atoms with Crippen molar-refractivity contribution in [3.63, 3.8) is 0 Å². The zero-order chi connectivity index (χ0) is 8.43. The van der Waals surface area contributed by atoms with Crippen LogP contribution in [0, 0.1) is 0 Å². The molecule has 0 aliphatic carbocycles. The van der Waals surface area contributed by atoms with Crippen molar-refractivity contribution in [3.05, 3.63) is 0 Å². The number of nitrogens with one attached hydrogen (secondary N) is 1. The van der Waals surface area contributed by atoms with Gasteiger partial charge in [0, 0.05) is 12.6 Å². The molecule has 0 saturated carbocycles. The fourth-order valence-electron chi connectivity index (χ4n) is 1.06. The highest BCUT2D eigenvalue weighted by molar-refractivity contribution is 5.81. The Kier molecular flexibility index (Phi) is 1.98. The van der Waals surface area contributed by atoms with Crippen LogP contribution in [0.1, 0.15) is 6.92 Å². The molecule has 0 aromatic heterocycles. The van der Waals surface area contributed by atoms with E-state index in [2.05, 4.69) is 5.32 Å². The molecule has 5 heteroatoms. The number of carbonyl (C=O) groups is 2. The number of aliphatic carboxylic acids is 1. The molecule has 0 aromatic carbocycles. The summed E-state index contributed by atoms with van der Waals surface area (Å²) in [4.78, 5) is 22.3. The predicted molar refractivity (Wildman–Crippen MR) is 37.2 cm³/mol. The Balaban J connectivity index is 2.47. The van der Waals surface area contributed by atoms with Gasteiger partial charge in [0.05, 0.1) is 0 Å². The summed E-state index contributed by atoms with van der Waals surface area (Å²) in [5.74, 6) is -0.978. The van der Waals surface area contributed by atoms with E-state index in [0.29, 0.717) is 6.54 Å². The molecule has 1 heterocycles. The Morgan fingerprint density at radius 2 is 2.55 bits per heavy atom. The molecule has 1 atom stereocenters. The van der Waals surface area contributed by atoms with Gasteiger partial charge in [0.25, 0.3) is 0 Å². The van der Waals surface area contributed by atoms with E-state index < -0.39 is 5.97 Å². The third-order valence-corrected chi connectivity index (χ3v) is 1.48. The number of carboxylic acids is 1. The lowest BCUT2D eigenvalue weighted by Crippen LogP contribution is -2.32. The van der Waals surface area contributed by atoms with Gasteiger partial charge in [-0.3, -0.25) is 4.79 Å². The Morgan fingerprint density at radius 3 is 2.91 bits per heavy atom. The molecule has 11 heavy (non-hydrogen) atoms. The molecule has 2 amide bonds. The maximum absolute atomic E-state index is 10.9. The second kappa shape index (κ2) is 2.77. The Bertz CT molecular complexity index is 192. The first-order valence-electron chi connectivity index (χ1n) is 3.37. The zero-order valence-corrected chi connectivity index (χ0v) is 6.20. The van der Waals surface area contributed by atoms with Gasteiger partial charge in [-0.25, -0.2) is 4.79 Å². The lowest BCUT2D eigenvalue weighted by Gasteiger charge is -2.09. The van der Waals surface area contributed by atoms with Gasteiger partial charge >= 0.3 is 12.0 Å². The highest BCUT2D eigenvalue weighted by Crippen LogP contribution is 2.01. The topological polar surface area (TPSA) is 69.6 Å². The van der Waals surface area contributed by atoms with Gasteiger partial charge in [0.1, 0.15) is 6.54 Å². The summed E-state index contributed by atoms with van der Waals surface area (Å²) in [5, 5.41) is 11.0. The summed E-state index contributed by atoms with van der Waals surface area (Å²) in [6.45, 7) is 2.10. The van der Waals surface area contributed by atoms with Gasteiger partial charge in [-0.2, -0.15) is 0 Å². The van der Waals surface area contributed by atoms with Crippen molar-refractivity contribution in [2.24, 2.45) is 0 Å². The Morgan fingerprint density at radius 1 is 1.91 bits per heavy atom. The maximum atomic E-state index is 10.9. The fraction of sp³-hybridized carbons (Fsp3) is 0.667. The van der Waals surface area contributed by atoms with Crippen molar-refractivity contribution in [3.8, 4) is 0 Å². The molecule has 2 N–H and O–H groups in total. The van der Waals surface area contributed by atoms with E-state index in [1.165, 1.54) is 4.90 Å². The standard InChI is InChI=1S/C6H10N2O3/c1-4-2-8(3-5(9)10)6(11)7-4/h4H,2-3H2,1H3,(H,7,11)(H,9,10). The maximum Gasteiger partial charge on any atom is 0.323 e. The zero-order valence-electron chi connectivity index (χ0n) is 6.20. The Hall–Kier alpha value is -1.26. The van der Waals surface area contributed by atoms with Gasteiger partial charge in [-0.15, -0.1) is 0 Å². The monoisotopic (exact) mass is 158 g/mol. The average Bonchev–Trinajstić information content (AvgIpc) is 2.09. The molecule has 62 valence electrons. The molecule has 1 unspecified atom stereocenters. The molecule has 1 saturated heterocycles. The quantitative estimate of drug-likeness (QED) is 0.568. The minimum Gasteiger partial charge on any atom is -0.480 e. The molecular weight excluding hydrogens is 148 g/mol. The van der Waals surface area contributed by atoms with Crippen LogP contribution in [0.25, 0.3) is 0 Å². The molecule has 0 spiro atoms. The lowest BCUT2D eigenvalue weighted by atomic mass is 10.4. The van der Waals surface area contributed by atoms with Crippen molar-refractivity contribution in [2.45, 2.75) is 13.0 Å². The first kappa shape index (κ1) is 7.84. The normalized spacial score (nSPS) is 23.5. The van der Waals surface area contributed by atoms with Crippen molar-refractivity contribution in [2.75, 3.05) is 13.1 Å². The lowest BCUT2D eigenvalue weighted by molar-refractivity contribution is -0.137. The van der Waals surface area contributed by atoms with Crippen LogP contribution in [0.5, 0.6) is 0 Å². The smallest absolute Gasteiger partial charge is 0.323 e. The van der Waals surface area contributed by atoms with E-state index in [1.807, 2.05) is 6.92 Å². The second-order valence-electron chi connectivity index (χ2n) is 2.62. The van der Waals surface area contributed by atoms with Crippen LogP contribution in [0.4, 0.5) is 4.79 Å². The summed E-state index contributed by atoms with van der Waals surface area (Å²) in [5.41, 5.74) is 0. The van der Waals surface area contributed by atoms with Crippen LogP contribution in [0.3, 0.4) is 0 Å². The highest BCUT2D eigenvalue weighted by atomic mass is 16.4. The fourth-order valence-corrected chi connectivity index (χ4v) is 1.06. The number of rotatable bonds is 2. The van der Waals surface area contributed by atoms with Crippen LogP contribution < -0.4 is 5.32 Å². The van der Waals surface area contributed by atoms with Crippen LogP contribution in [-0.4, -0.2) is 41.1 Å². The highest BCUT2D eigenvalue weighted by Gasteiger charge is 2.26. The summed E-state index contributed by atoms with van der Waals surface area (Å²) in [6.07, 6.45) is 0. The number of carbonyl (C=O) groups excluding carboxylic acids is 1. The third-order valence-electron chi connectivity index (χ3n) is 1.48. The van der Waals surface area contributed by atoms with Crippen molar-refractivity contribution < 1.29 is 14.7 Å². The number of hydrogen-bond acceptors (Lipinski definition) is 2. The summed E-state index contributed by atoms with van der Waals surface area (Å²) in [7, 11) is 0. The minimum atomic E-state index is -0.978. The molecule has 0 aromatic rings. The van der Waals surface area contributed by atoms with Crippen LogP contribution >= 0.6 is 0 Å². The molecule has 1 aliphatic rings. The first-order chi connectivity index (χ1) is 5.09. The number of urea groups is 1. The van der Waals surface area contributed by atoms with Crippen LogP contribution in [0.15, 0.2) is 0 Å². The van der Waals surface area contributed by atoms with Gasteiger partial charge in [-0.05, 0) is 6.92 Å². The second-order valence-corrected chi connectivity index (χ2v) is 2.62. The summed E-state index contributed by atoms with van der Waals surface area (Å²) < 4.78 is 0. The number of amides is 2. The summed E-state index contributed by atoms with van der Waals surface area (Å²) >= 11 is 0. The molecule has 1 aliphatic heterocycles. The van der Waals surface area contributed by atoms with Crippen molar-refractivity contribution >= 4 is 12.0 Å². The molecule has 5 nitrogen and oxygen atoms in total. The molecular formula is C6H10N2O3. The van der Waals surface area contributed by atoms with E-state index >= 15 is 0 Å². The number of hydrogen-bond donors (Lipinski definition) is 2. The largest absolute Gasteiger partial charge is 0.480 e. The SMILES string of the molecule is CC1CN(CC(=O)O)C(=O)N1. The van der Waals surface area contributed by atoms with E-state index in [-0.39, 0.29) is 18.6 Å². The van der Waals surface area contributed by atoms with Crippen LogP contribution in [-0.2, 0) is 4.79 Å². The van der Waals surface area contributed by atoms with E-state index in [0.717, 1.165) is 0 Å². The number of nitrogens with zero attached hydrogens (tertiary/aromatic N) is 1. The van der Waals surface area contributed by atoms with E-state index in [9.17, 15) is 9.59 Å². The molecule has 1 fully saturated rings. The summed E-state index contributed by atoms with van der Waals surface area (Å²) in [6, 6.07) is -0.234. The Labute approximate surface area is 64.0 Å². The first-order valence-corrected chi connectivity index (χ1v) is 3.37.